The molecule has 3 rings (SSSR count). The van der Waals surface area contributed by atoms with Crippen LogP contribution in [0, 0.1) is 10.1 Å². The first kappa shape index (κ1) is 13.7. The van der Waals surface area contributed by atoms with Crippen molar-refractivity contribution in [1.29, 1.82) is 0 Å². The molecule has 0 saturated carbocycles. The Hall–Kier alpha value is -3.22. The third-order valence-electron chi connectivity index (χ3n) is 3.09. The van der Waals surface area contributed by atoms with Gasteiger partial charge in [-0.3, -0.25) is 10.1 Å². The average molecular weight is 296 g/mol. The van der Waals surface area contributed by atoms with Crippen molar-refractivity contribution in [3.8, 4) is 11.3 Å². The number of rotatable bonds is 5. The number of aromatic nitrogens is 3. The summed E-state index contributed by atoms with van der Waals surface area (Å²) in [6.07, 6.45) is 1.55. The highest BCUT2D eigenvalue weighted by molar-refractivity contribution is 5.59. The van der Waals surface area contributed by atoms with Gasteiger partial charge in [0.05, 0.1) is 11.1 Å². The van der Waals surface area contributed by atoms with Gasteiger partial charge in [-0.2, -0.15) is 0 Å². The Labute approximate surface area is 125 Å². The van der Waals surface area contributed by atoms with E-state index >= 15 is 0 Å². The molecule has 0 bridgehead atoms. The van der Waals surface area contributed by atoms with E-state index in [9.17, 15) is 10.1 Å². The maximum atomic E-state index is 10.7. The minimum atomic E-state index is -0.439. The Morgan fingerprint density at radius 3 is 2.50 bits per heavy atom. The van der Waals surface area contributed by atoms with E-state index in [0.29, 0.717) is 12.3 Å². The van der Waals surface area contributed by atoms with Gasteiger partial charge in [-0.1, -0.05) is 35.2 Å². The lowest BCUT2D eigenvalue weighted by molar-refractivity contribution is -0.384. The van der Waals surface area contributed by atoms with Gasteiger partial charge >= 0.3 is 0 Å². The Morgan fingerprint density at radius 1 is 1.09 bits per heavy atom. The summed E-state index contributed by atoms with van der Waals surface area (Å²) in [7, 11) is 0. The molecule has 0 unspecified atom stereocenters. The highest BCUT2D eigenvalue weighted by atomic mass is 16.7. The lowest BCUT2D eigenvalue weighted by atomic mass is 10.1. The number of non-ortho nitro benzene ring substituents is 1. The van der Waals surface area contributed by atoms with E-state index in [2.05, 4.69) is 10.3 Å². The molecule has 0 aliphatic heterocycles. The second kappa shape index (κ2) is 6.04. The molecular formula is C15H12N4O3. The van der Waals surface area contributed by atoms with Crippen molar-refractivity contribution < 1.29 is 9.76 Å². The minimum Gasteiger partial charge on any atom is -0.390 e. The lowest BCUT2D eigenvalue weighted by Crippen LogP contribution is -2.14. The van der Waals surface area contributed by atoms with Crippen LogP contribution in [-0.2, 0) is 6.61 Å². The number of hydrogen-bond acceptors (Lipinski definition) is 5. The van der Waals surface area contributed by atoms with Crippen molar-refractivity contribution in [2.75, 3.05) is 0 Å². The molecule has 0 saturated heterocycles. The molecule has 0 aliphatic rings. The monoisotopic (exact) mass is 296 g/mol. The van der Waals surface area contributed by atoms with E-state index < -0.39 is 4.92 Å². The fraction of sp³-hybridized carbons (Fsp3) is 0.0667. The second-order valence-corrected chi connectivity index (χ2v) is 4.56. The number of hydrogen-bond donors (Lipinski definition) is 0. The molecule has 22 heavy (non-hydrogen) atoms. The third-order valence-corrected chi connectivity index (χ3v) is 3.09. The summed E-state index contributed by atoms with van der Waals surface area (Å²) >= 11 is 0. The van der Waals surface area contributed by atoms with Crippen LogP contribution < -0.4 is 4.84 Å². The van der Waals surface area contributed by atoms with Crippen LogP contribution >= 0.6 is 0 Å². The molecule has 2 aromatic carbocycles. The standard InChI is InChI=1S/C15H12N4O3/c20-19(21)14-8-6-13(7-9-14)15-10-16-17-18(15)22-11-12-4-2-1-3-5-12/h1-10H,11H2. The highest BCUT2D eigenvalue weighted by Gasteiger charge is 2.10. The molecule has 110 valence electrons. The Balaban J connectivity index is 1.78. The molecule has 7 nitrogen and oxygen atoms in total. The SMILES string of the molecule is O=[N+]([O-])c1ccc(-c2cnnn2OCc2ccccc2)cc1. The van der Waals surface area contributed by atoms with Crippen molar-refractivity contribution in [3.05, 3.63) is 76.5 Å². The van der Waals surface area contributed by atoms with Crippen molar-refractivity contribution in [1.82, 2.24) is 15.2 Å². The first-order valence-corrected chi connectivity index (χ1v) is 6.57. The molecular weight excluding hydrogens is 284 g/mol. The van der Waals surface area contributed by atoms with Gasteiger partial charge in [-0.25, -0.2) is 0 Å². The van der Waals surface area contributed by atoms with Crippen LogP contribution in [0.1, 0.15) is 5.56 Å². The minimum absolute atomic E-state index is 0.0352. The average Bonchev–Trinajstić information content (AvgIpc) is 3.02. The molecule has 7 heteroatoms. The zero-order chi connectivity index (χ0) is 15.4. The molecule has 0 fully saturated rings. The Bertz CT molecular complexity index is 769. The smallest absolute Gasteiger partial charge is 0.269 e. The van der Waals surface area contributed by atoms with Gasteiger partial charge in [0, 0.05) is 17.7 Å². The summed E-state index contributed by atoms with van der Waals surface area (Å²) in [6.45, 7) is 0.351. The summed E-state index contributed by atoms with van der Waals surface area (Å²) in [4.78, 5) is 17.2. The van der Waals surface area contributed by atoms with Crippen LogP contribution in [0.2, 0.25) is 0 Å². The lowest BCUT2D eigenvalue weighted by Gasteiger charge is -2.08. The maximum absolute atomic E-state index is 10.7. The maximum Gasteiger partial charge on any atom is 0.269 e. The van der Waals surface area contributed by atoms with Crippen LogP contribution in [0.5, 0.6) is 0 Å². The molecule has 0 spiro atoms. The van der Waals surface area contributed by atoms with Crippen LogP contribution in [-0.4, -0.2) is 20.1 Å². The predicted molar refractivity (Wildman–Crippen MR) is 78.8 cm³/mol. The Kier molecular flexibility index (Phi) is 3.78. The van der Waals surface area contributed by atoms with Crippen molar-refractivity contribution in [3.63, 3.8) is 0 Å². The zero-order valence-electron chi connectivity index (χ0n) is 11.5. The van der Waals surface area contributed by atoms with Gasteiger partial charge in [0.15, 0.2) is 0 Å². The quantitative estimate of drug-likeness (QED) is 0.533. The highest BCUT2D eigenvalue weighted by Crippen LogP contribution is 2.21. The molecule has 0 N–H and O–H groups in total. The van der Waals surface area contributed by atoms with Crippen molar-refractivity contribution in [2.24, 2.45) is 0 Å². The number of nitro benzene ring substituents is 1. The van der Waals surface area contributed by atoms with Gasteiger partial charge in [-0.15, -0.1) is 5.10 Å². The molecule has 3 aromatic rings. The fourth-order valence-electron chi connectivity index (χ4n) is 1.97. The van der Waals surface area contributed by atoms with Crippen molar-refractivity contribution in [2.45, 2.75) is 6.61 Å². The molecule has 0 aliphatic carbocycles. The first-order chi connectivity index (χ1) is 10.7. The first-order valence-electron chi connectivity index (χ1n) is 6.57. The van der Waals surface area contributed by atoms with E-state index in [-0.39, 0.29) is 5.69 Å². The number of nitrogens with zero attached hydrogens (tertiary/aromatic N) is 4. The second-order valence-electron chi connectivity index (χ2n) is 4.56. The summed E-state index contributed by atoms with van der Waals surface area (Å²) in [5.74, 6) is 0. The molecule has 0 atom stereocenters. The van der Waals surface area contributed by atoms with Crippen LogP contribution in [0.25, 0.3) is 11.3 Å². The van der Waals surface area contributed by atoms with E-state index in [1.165, 1.54) is 17.0 Å². The summed E-state index contributed by atoms with van der Waals surface area (Å²) in [6, 6.07) is 15.8. The molecule has 0 radical (unpaired) electrons. The topological polar surface area (TPSA) is 83.1 Å². The van der Waals surface area contributed by atoms with E-state index in [4.69, 9.17) is 4.84 Å². The van der Waals surface area contributed by atoms with Gasteiger partial charge in [0.1, 0.15) is 12.3 Å². The summed E-state index contributed by atoms with van der Waals surface area (Å²) < 4.78 is 0. The summed E-state index contributed by atoms with van der Waals surface area (Å²) in [5.41, 5.74) is 2.41. The van der Waals surface area contributed by atoms with Crippen LogP contribution in [0.15, 0.2) is 60.8 Å². The largest absolute Gasteiger partial charge is 0.390 e. The third kappa shape index (κ3) is 2.93. The van der Waals surface area contributed by atoms with Gasteiger partial charge in [0.25, 0.3) is 5.69 Å². The van der Waals surface area contributed by atoms with Gasteiger partial charge in [0.2, 0.25) is 0 Å². The molecule has 0 amide bonds. The summed E-state index contributed by atoms with van der Waals surface area (Å²) in [5, 5.41) is 18.4. The molecule has 1 aromatic heterocycles. The van der Waals surface area contributed by atoms with Crippen LogP contribution in [0.4, 0.5) is 5.69 Å². The van der Waals surface area contributed by atoms with Gasteiger partial charge in [-0.05, 0) is 22.9 Å². The fourth-order valence-corrected chi connectivity index (χ4v) is 1.97. The van der Waals surface area contributed by atoms with E-state index in [1.807, 2.05) is 30.3 Å². The van der Waals surface area contributed by atoms with Gasteiger partial charge < -0.3 is 4.84 Å². The van der Waals surface area contributed by atoms with Crippen LogP contribution in [0.3, 0.4) is 0 Å². The number of benzene rings is 2. The molecule has 1 heterocycles. The normalized spacial score (nSPS) is 10.4. The van der Waals surface area contributed by atoms with E-state index in [0.717, 1.165) is 11.1 Å². The Morgan fingerprint density at radius 2 is 1.82 bits per heavy atom. The van der Waals surface area contributed by atoms with Crippen molar-refractivity contribution >= 4 is 5.69 Å². The zero-order valence-corrected chi connectivity index (χ0v) is 11.5. The predicted octanol–water partition coefficient (Wildman–Crippen LogP) is 2.48. The van der Waals surface area contributed by atoms with E-state index in [1.54, 1.807) is 18.3 Å². The number of nitro groups is 1.